The lowest BCUT2D eigenvalue weighted by atomic mass is 10.1. The van der Waals surface area contributed by atoms with E-state index in [2.05, 4.69) is 25.3 Å². The zero-order valence-electron chi connectivity index (χ0n) is 15.4. The van der Waals surface area contributed by atoms with E-state index in [1.165, 1.54) is 30.3 Å². The van der Waals surface area contributed by atoms with Crippen LogP contribution in [0.1, 0.15) is 0 Å². The van der Waals surface area contributed by atoms with Crippen LogP contribution in [-0.2, 0) is 4.79 Å². The van der Waals surface area contributed by atoms with E-state index in [9.17, 15) is 22.4 Å². The minimum absolute atomic E-state index is 0.0993. The van der Waals surface area contributed by atoms with Crippen LogP contribution in [-0.4, -0.2) is 34.0 Å². The molecule has 0 atom stereocenters. The maximum Gasteiger partial charge on any atom is 0.573 e. The number of aromatic nitrogens is 2. The Kier molecular flexibility index (Phi) is 6.44. The van der Waals surface area contributed by atoms with Crippen molar-refractivity contribution in [2.24, 2.45) is 0 Å². The van der Waals surface area contributed by atoms with Gasteiger partial charge in [0.2, 0.25) is 5.95 Å². The molecule has 0 amide bonds. The summed E-state index contributed by atoms with van der Waals surface area (Å²) in [4.78, 5) is 19.1. The van der Waals surface area contributed by atoms with E-state index >= 15 is 0 Å². The molecule has 0 unspecified atom stereocenters. The first kappa shape index (κ1) is 22.1. The molecule has 12 heteroatoms. The Hall–Kier alpha value is -3.60. The lowest BCUT2D eigenvalue weighted by Gasteiger charge is -2.13. The summed E-state index contributed by atoms with van der Waals surface area (Å²) in [6.07, 6.45) is -4.87. The predicted octanol–water partition coefficient (Wildman–Crippen LogP) is 5.07. The molecule has 162 valence electrons. The van der Waals surface area contributed by atoms with Crippen molar-refractivity contribution in [3.8, 4) is 17.0 Å². The smallest absolute Gasteiger partial charge is 0.480 e. The molecular formula is C19H13ClF4N4O3. The Bertz CT molecular complexity index is 1110. The number of carboxylic acid groups (broad SMARTS) is 1. The molecule has 3 rings (SSSR count). The normalized spacial score (nSPS) is 11.1. The Labute approximate surface area is 177 Å². The van der Waals surface area contributed by atoms with Gasteiger partial charge in [0.25, 0.3) is 0 Å². The molecule has 3 aromatic rings. The number of halogens is 5. The highest BCUT2D eigenvalue weighted by Gasteiger charge is 2.31. The number of nitrogens with zero attached hydrogens (tertiary/aromatic N) is 2. The minimum atomic E-state index is -4.87. The van der Waals surface area contributed by atoms with Gasteiger partial charge in [-0.25, -0.2) is 9.37 Å². The van der Waals surface area contributed by atoms with Crippen molar-refractivity contribution in [2.45, 2.75) is 6.36 Å². The van der Waals surface area contributed by atoms with E-state index in [4.69, 9.17) is 16.7 Å². The van der Waals surface area contributed by atoms with Crippen LogP contribution in [0.5, 0.6) is 5.75 Å². The predicted molar refractivity (Wildman–Crippen MR) is 105 cm³/mol. The molecule has 0 bridgehead atoms. The van der Waals surface area contributed by atoms with E-state index in [0.29, 0.717) is 5.69 Å². The Morgan fingerprint density at radius 2 is 1.90 bits per heavy atom. The number of hydrogen-bond donors (Lipinski definition) is 3. The molecule has 3 N–H and O–H groups in total. The first-order chi connectivity index (χ1) is 14.6. The molecule has 0 aliphatic carbocycles. The van der Waals surface area contributed by atoms with E-state index < -0.39 is 30.4 Å². The average Bonchev–Trinajstić information content (AvgIpc) is 2.68. The highest BCUT2D eigenvalue weighted by molar-refractivity contribution is 6.31. The summed E-state index contributed by atoms with van der Waals surface area (Å²) < 4.78 is 54.9. The fourth-order valence-corrected chi connectivity index (χ4v) is 2.65. The van der Waals surface area contributed by atoms with Crippen LogP contribution in [0.2, 0.25) is 5.02 Å². The first-order valence-electron chi connectivity index (χ1n) is 8.52. The largest absolute Gasteiger partial charge is 0.573 e. The molecule has 2 aromatic carbocycles. The fraction of sp³-hybridized carbons (Fsp3) is 0.105. The third-order valence-corrected chi connectivity index (χ3v) is 3.97. The van der Waals surface area contributed by atoms with Crippen LogP contribution < -0.4 is 15.4 Å². The molecule has 0 spiro atoms. The molecule has 0 aliphatic heterocycles. The van der Waals surface area contributed by atoms with Crippen molar-refractivity contribution in [2.75, 3.05) is 17.2 Å². The first-order valence-corrected chi connectivity index (χ1v) is 8.90. The number of rotatable bonds is 7. The fourth-order valence-electron chi connectivity index (χ4n) is 2.47. The highest BCUT2D eigenvalue weighted by atomic mass is 35.5. The van der Waals surface area contributed by atoms with Gasteiger partial charge in [-0.15, -0.1) is 13.2 Å². The summed E-state index contributed by atoms with van der Waals surface area (Å²) in [5, 5.41) is 14.1. The van der Waals surface area contributed by atoms with E-state index in [-0.39, 0.29) is 28.0 Å². The van der Waals surface area contributed by atoms with Crippen LogP contribution in [0.15, 0.2) is 48.5 Å². The number of alkyl halides is 3. The SMILES string of the molecule is O=C(O)CNc1nc(Nc2ccc(F)c(Cl)c2)cc(-c2cccc(OC(F)(F)F)c2)n1. The van der Waals surface area contributed by atoms with Gasteiger partial charge in [0.15, 0.2) is 0 Å². The number of carbonyl (C=O) groups is 1. The molecule has 0 radical (unpaired) electrons. The standard InChI is InChI=1S/C19H13ClF4N4O3/c20-13-7-11(4-5-14(13)21)26-16-8-15(27-18(28-16)25-9-17(29)30)10-2-1-3-12(6-10)31-19(22,23)24/h1-8H,9H2,(H,29,30)(H2,25,26,27,28). The van der Waals surface area contributed by atoms with Gasteiger partial charge in [0, 0.05) is 17.3 Å². The van der Waals surface area contributed by atoms with Crippen LogP contribution >= 0.6 is 11.6 Å². The lowest BCUT2D eigenvalue weighted by Crippen LogP contribution is -2.17. The van der Waals surface area contributed by atoms with Crippen LogP contribution in [0, 0.1) is 5.82 Å². The van der Waals surface area contributed by atoms with Gasteiger partial charge in [-0.2, -0.15) is 4.98 Å². The molecule has 0 fully saturated rings. The third kappa shape index (κ3) is 6.44. The summed E-state index contributed by atoms with van der Waals surface area (Å²) in [6.45, 7) is -0.498. The van der Waals surface area contributed by atoms with E-state index in [1.54, 1.807) is 0 Å². The minimum Gasteiger partial charge on any atom is -0.480 e. The van der Waals surface area contributed by atoms with Gasteiger partial charge in [0.1, 0.15) is 23.9 Å². The highest BCUT2D eigenvalue weighted by Crippen LogP contribution is 2.30. The van der Waals surface area contributed by atoms with Gasteiger partial charge in [-0.05, 0) is 30.3 Å². The summed E-state index contributed by atoms with van der Waals surface area (Å²) in [7, 11) is 0. The molecule has 0 saturated carbocycles. The number of aliphatic carboxylic acids is 1. The molecule has 0 aliphatic rings. The van der Waals surface area contributed by atoms with Gasteiger partial charge in [-0.1, -0.05) is 23.7 Å². The van der Waals surface area contributed by atoms with Gasteiger partial charge >= 0.3 is 12.3 Å². The number of ether oxygens (including phenoxy) is 1. The Balaban J connectivity index is 1.98. The topological polar surface area (TPSA) is 96.4 Å². The Morgan fingerprint density at radius 1 is 1.13 bits per heavy atom. The second kappa shape index (κ2) is 9.04. The third-order valence-electron chi connectivity index (χ3n) is 3.68. The van der Waals surface area contributed by atoms with Gasteiger partial charge in [-0.3, -0.25) is 4.79 Å². The van der Waals surface area contributed by atoms with Crippen molar-refractivity contribution in [3.05, 3.63) is 59.4 Å². The van der Waals surface area contributed by atoms with E-state index in [0.717, 1.165) is 18.2 Å². The molecule has 1 aromatic heterocycles. The number of hydrogen-bond acceptors (Lipinski definition) is 6. The van der Waals surface area contributed by atoms with Gasteiger partial charge < -0.3 is 20.5 Å². The van der Waals surface area contributed by atoms with E-state index in [1.807, 2.05) is 0 Å². The molecular weight excluding hydrogens is 444 g/mol. The van der Waals surface area contributed by atoms with Crippen LogP contribution in [0.25, 0.3) is 11.3 Å². The van der Waals surface area contributed by atoms with Crippen molar-refractivity contribution in [1.29, 1.82) is 0 Å². The monoisotopic (exact) mass is 456 g/mol. The molecule has 1 heterocycles. The van der Waals surface area contributed by atoms with Crippen LogP contribution in [0.4, 0.5) is 35.0 Å². The van der Waals surface area contributed by atoms with Crippen molar-refractivity contribution >= 4 is 35.0 Å². The second-order valence-electron chi connectivity index (χ2n) is 6.04. The van der Waals surface area contributed by atoms with Crippen molar-refractivity contribution in [3.63, 3.8) is 0 Å². The quantitative estimate of drug-likeness (QED) is 0.427. The molecule has 0 saturated heterocycles. The molecule has 7 nitrogen and oxygen atoms in total. The zero-order chi connectivity index (χ0) is 22.6. The number of nitrogens with one attached hydrogen (secondary N) is 2. The lowest BCUT2D eigenvalue weighted by molar-refractivity contribution is -0.274. The van der Waals surface area contributed by atoms with Gasteiger partial charge in [0.05, 0.1) is 10.7 Å². The summed E-state index contributed by atoms with van der Waals surface area (Å²) in [5.74, 6) is -2.20. The number of carboxylic acids is 1. The van der Waals surface area contributed by atoms with Crippen molar-refractivity contribution < 1.29 is 32.2 Å². The number of anilines is 3. The summed E-state index contributed by atoms with van der Waals surface area (Å²) >= 11 is 5.76. The van der Waals surface area contributed by atoms with Crippen molar-refractivity contribution in [1.82, 2.24) is 9.97 Å². The maximum atomic E-state index is 13.4. The average molecular weight is 457 g/mol. The zero-order valence-corrected chi connectivity index (χ0v) is 16.1. The Morgan fingerprint density at radius 3 is 2.58 bits per heavy atom. The summed E-state index contributed by atoms with van der Waals surface area (Å²) in [5.41, 5.74) is 0.795. The second-order valence-corrected chi connectivity index (χ2v) is 6.45. The molecule has 31 heavy (non-hydrogen) atoms. The maximum absolute atomic E-state index is 13.4. The summed E-state index contributed by atoms with van der Waals surface area (Å²) in [6, 6.07) is 10.3. The van der Waals surface area contributed by atoms with Crippen LogP contribution in [0.3, 0.4) is 0 Å². The number of benzene rings is 2.